The van der Waals surface area contributed by atoms with Gasteiger partial charge >= 0.3 is 0 Å². The van der Waals surface area contributed by atoms with Crippen molar-refractivity contribution in [2.24, 2.45) is 0 Å². The highest BCUT2D eigenvalue weighted by Crippen LogP contribution is 2.33. The Morgan fingerprint density at radius 3 is 1.96 bits per heavy atom. The molecule has 4 heterocycles. The number of nitrogens with one attached hydrogen (secondary N) is 1. The molecule has 0 bridgehead atoms. The minimum atomic E-state index is -1.92. The number of rotatable bonds is 12. The first-order valence-electron chi connectivity index (χ1n) is 14.4. The molecular formula is C25H42N4O16. The smallest absolute Gasteiger partial charge is 0.217 e. The Morgan fingerprint density at radius 1 is 0.800 bits per heavy atom. The van der Waals surface area contributed by atoms with Crippen LogP contribution in [0.2, 0.25) is 0 Å². The standard InChI is InChI=1S/C25H42N4O16/c1-3-29-4-10(27-28-29)8-40-23-14(26-9(2)33)17(36)21(13(7-32)43-23)44-25-20(39)22(16(35)12(6-31)42-25)45-24-19(38)18(37)15(34)11(5-30)41-24/h4,11-25,30-32,34-39H,3,5-8H2,1-2H3,(H,26,33)/t11-,12-,13-,14?,15+,16+,17?,18?,19?,20?,21-,22?,23-,24-,25+/m1/s1. The molecule has 1 aromatic rings. The van der Waals surface area contributed by atoms with Gasteiger partial charge in [-0.3, -0.25) is 9.48 Å². The van der Waals surface area contributed by atoms with E-state index in [1.807, 2.05) is 6.92 Å². The molecule has 0 aromatic carbocycles. The number of aliphatic hydroxyl groups excluding tert-OH is 9. The third-order valence-corrected chi connectivity index (χ3v) is 7.78. The fourth-order valence-corrected chi connectivity index (χ4v) is 5.31. The van der Waals surface area contributed by atoms with Gasteiger partial charge in [0.2, 0.25) is 5.91 Å². The van der Waals surface area contributed by atoms with Crippen molar-refractivity contribution in [3.05, 3.63) is 11.9 Å². The average Bonchev–Trinajstić information content (AvgIpc) is 3.49. The molecule has 1 amide bonds. The Bertz CT molecular complexity index is 1080. The van der Waals surface area contributed by atoms with Crippen LogP contribution < -0.4 is 5.32 Å². The molecule has 20 heteroatoms. The molecule has 3 fully saturated rings. The highest BCUT2D eigenvalue weighted by atomic mass is 16.8. The van der Waals surface area contributed by atoms with Crippen LogP contribution in [0, 0.1) is 0 Å². The van der Waals surface area contributed by atoms with Crippen molar-refractivity contribution >= 4 is 5.91 Å². The molecule has 10 N–H and O–H groups in total. The number of aliphatic hydroxyl groups is 9. The number of nitrogens with zero attached hydrogens (tertiary/aromatic N) is 3. The van der Waals surface area contributed by atoms with Crippen LogP contribution >= 0.6 is 0 Å². The van der Waals surface area contributed by atoms with E-state index in [1.54, 1.807) is 10.9 Å². The zero-order chi connectivity index (χ0) is 33.0. The molecular weight excluding hydrogens is 612 g/mol. The average molecular weight is 655 g/mol. The number of hydrogen-bond acceptors (Lipinski definition) is 18. The molecule has 3 saturated heterocycles. The van der Waals surface area contributed by atoms with Gasteiger partial charge in [0.1, 0.15) is 78.9 Å². The first-order chi connectivity index (χ1) is 21.4. The van der Waals surface area contributed by atoms with Crippen LogP contribution in [0.1, 0.15) is 19.5 Å². The molecule has 1 aromatic heterocycles. The third-order valence-electron chi connectivity index (χ3n) is 7.78. The van der Waals surface area contributed by atoms with Crippen molar-refractivity contribution in [3.8, 4) is 0 Å². The minimum Gasteiger partial charge on any atom is -0.394 e. The summed E-state index contributed by atoms with van der Waals surface area (Å²) in [4.78, 5) is 12.0. The van der Waals surface area contributed by atoms with Gasteiger partial charge in [-0.2, -0.15) is 0 Å². The largest absolute Gasteiger partial charge is 0.394 e. The summed E-state index contributed by atoms with van der Waals surface area (Å²) in [7, 11) is 0. The zero-order valence-corrected chi connectivity index (χ0v) is 24.5. The second kappa shape index (κ2) is 15.7. The van der Waals surface area contributed by atoms with Crippen LogP contribution in [-0.2, 0) is 46.4 Å². The second-order valence-electron chi connectivity index (χ2n) is 10.9. The Balaban J connectivity index is 1.51. The van der Waals surface area contributed by atoms with E-state index in [-0.39, 0.29) is 6.61 Å². The quantitative estimate of drug-likeness (QED) is 0.100. The summed E-state index contributed by atoms with van der Waals surface area (Å²) in [5.74, 6) is -0.570. The van der Waals surface area contributed by atoms with E-state index in [4.69, 9.17) is 28.4 Å². The van der Waals surface area contributed by atoms with Gasteiger partial charge in [0.05, 0.1) is 32.6 Å². The lowest BCUT2D eigenvalue weighted by Gasteiger charge is -2.48. The van der Waals surface area contributed by atoms with E-state index in [1.165, 1.54) is 6.92 Å². The summed E-state index contributed by atoms with van der Waals surface area (Å²) in [6.07, 6.45) is -21.3. The van der Waals surface area contributed by atoms with Crippen molar-refractivity contribution in [1.29, 1.82) is 0 Å². The van der Waals surface area contributed by atoms with Crippen molar-refractivity contribution in [3.63, 3.8) is 0 Å². The van der Waals surface area contributed by atoms with Crippen molar-refractivity contribution < 1.29 is 79.2 Å². The summed E-state index contributed by atoms with van der Waals surface area (Å²) >= 11 is 0. The molecule has 4 rings (SSSR count). The molecule has 3 aliphatic rings. The highest BCUT2D eigenvalue weighted by Gasteiger charge is 2.54. The van der Waals surface area contributed by atoms with Gasteiger partial charge in [0.15, 0.2) is 18.9 Å². The summed E-state index contributed by atoms with van der Waals surface area (Å²) in [5, 5.41) is 104. The van der Waals surface area contributed by atoms with Gasteiger partial charge in [-0.15, -0.1) is 5.10 Å². The van der Waals surface area contributed by atoms with Gasteiger partial charge in [0.25, 0.3) is 0 Å². The van der Waals surface area contributed by atoms with Gasteiger partial charge in [-0.1, -0.05) is 5.21 Å². The topological polar surface area (TPSA) is 297 Å². The number of carbonyl (C=O) groups excluding carboxylic acids is 1. The summed E-state index contributed by atoms with van der Waals surface area (Å²) in [6.45, 7) is 1.15. The fraction of sp³-hybridized carbons (Fsp3) is 0.880. The summed E-state index contributed by atoms with van der Waals surface area (Å²) in [6, 6.07) is -1.27. The number of carbonyl (C=O) groups is 1. The molecule has 0 spiro atoms. The maximum atomic E-state index is 12.0. The monoisotopic (exact) mass is 654 g/mol. The second-order valence-corrected chi connectivity index (χ2v) is 10.9. The molecule has 0 aliphatic carbocycles. The van der Waals surface area contributed by atoms with Crippen LogP contribution in [0.3, 0.4) is 0 Å². The number of aromatic nitrogens is 3. The van der Waals surface area contributed by atoms with Crippen LogP contribution in [0.15, 0.2) is 6.20 Å². The van der Waals surface area contributed by atoms with Gasteiger partial charge in [-0.25, -0.2) is 0 Å². The number of ether oxygens (including phenoxy) is 6. The molecule has 15 atom stereocenters. The van der Waals surface area contributed by atoms with E-state index in [9.17, 15) is 50.8 Å². The van der Waals surface area contributed by atoms with E-state index >= 15 is 0 Å². The van der Waals surface area contributed by atoms with Gasteiger partial charge in [0, 0.05) is 13.5 Å². The Hall–Kier alpha value is -1.99. The normalized spacial score (nSPS) is 42.4. The third kappa shape index (κ3) is 7.94. The van der Waals surface area contributed by atoms with Crippen LogP contribution in [0.4, 0.5) is 0 Å². The lowest BCUT2D eigenvalue weighted by atomic mass is 9.95. The molecule has 45 heavy (non-hydrogen) atoms. The van der Waals surface area contributed by atoms with Crippen molar-refractivity contribution in [1.82, 2.24) is 20.3 Å². The van der Waals surface area contributed by atoms with Gasteiger partial charge in [-0.05, 0) is 6.92 Å². The SMILES string of the molecule is CCn1cc(CO[C@@H]2O[C@H](CO)[C@@H](O[C@@H]3O[C@H](CO)[C@H](O)C(O[C@H]4O[C@H](CO)[C@H](O)C(O)C4O)C3O)C(O)C2NC(C)=O)nn1. The number of hydrogen-bond donors (Lipinski definition) is 10. The Kier molecular flexibility index (Phi) is 12.5. The first-order valence-corrected chi connectivity index (χ1v) is 14.4. The molecule has 0 radical (unpaired) electrons. The lowest BCUT2D eigenvalue weighted by molar-refractivity contribution is -0.376. The first kappa shape index (κ1) is 35.9. The maximum absolute atomic E-state index is 12.0. The molecule has 20 nitrogen and oxygen atoms in total. The van der Waals surface area contributed by atoms with E-state index in [0.29, 0.717) is 12.2 Å². The van der Waals surface area contributed by atoms with E-state index < -0.39 is 118 Å². The fourth-order valence-electron chi connectivity index (χ4n) is 5.31. The van der Waals surface area contributed by atoms with Crippen LogP contribution in [-0.4, -0.2) is 179 Å². The summed E-state index contributed by atoms with van der Waals surface area (Å²) < 4.78 is 35.4. The van der Waals surface area contributed by atoms with E-state index in [2.05, 4.69) is 15.6 Å². The summed E-state index contributed by atoms with van der Waals surface area (Å²) in [5.41, 5.74) is 0.424. The molecule has 0 saturated carbocycles. The predicted octanol–water partition coefficient (Wildman–Crippen LogP) is -6.59. The Labute approximate surface area is 256 Å². The Morgan fingerprint density at radius 2 is 1.38 bits per heavy atom. The maximum Gasteiger partial charge on any atom is 0.217 e. The highest BCUT2D eigenvalue weighted by molar-refractivity contribution is 5.73. The van der Waals surface area contributed by atoms with Gasteiger partial charge < -0.3 is 79.7 Å². The molecule has 258 valence electrons. The number of aryl methyl sites for hydroxylation is 1. The molecule has 6 unspecified atom stereocenters. The van der Waals surface area contributed by atoms with Crippen molar-refractivity contribution in [2.75, 3.05) is 19.8 Å². The van der Waals surface area contributed by atoms with Crippen LogP contribution in [0.5, 0.6) is 0 Å². The predicted molar refractivity (Wildman–Crippen MR) is 141 cm³/mol. The zero-order valence-electron chi connectivity index (χ0n) is 24.5. The van der Waals surface area contributed by atoms with Crippen molar-refractivity contribution in [2.45, 2.75) is 119 Å². The minimum absolute atomic E-state index is 0.130. The number of amides is 1. The molecule has 3 aliphatic heterocycles. The van der Waals surface area contributed by atoms with E-state index in [0.717, 1.165) is 0 Å². The lowest BCUT2D eigenvalue weighted by Crippen LogP contribution is -2.68. The van der Waals surface area contributed by atoms with Crippen LogP contribution in [0.25, 0.3) is 0 Å².